The lowest BCUT2D eigenvalue weighted by molar-refractivity contribution is 0.0750. The van der Waals surface area contributed by atoms with Crippen molar-refractivity contribution < 1.29 is 28.4 Å². The molecule has 0 unspecified atom stereocenters. The van der Waals surface area contributed by atoms with Crippen LogP contribution in [0, 0.1) is 0 Å². The lowest BCUT2D eigenvalue weighted by Gasteiger charge is -2.22. The zero-order valence-electron chi connectivity index (χ0n) is 33.6. The zero-order valence-corrected chi connectivity index (χ0v) is 33.6. The summed E-state index contributed by atoms with van der Waals surface area (Å²) < 4.78 is 37.2. The maximum Gasteiger partial charge on any atom is 0.123 e. The average molecular weight is 739 g/mol. The highest BCUT2D eigenvalue weighted by Crippen LogP contribution is 2.28. The quantitative estimate of drug-likeness (QED) is 0.207. The van der Waals surface area contributed by atoms with E-state index in [0.29, 0.717) is 52.9 Å². The molecule has 0 bridgehead atoms. The Labute approximate surface area is 324 Å². The number of hydrogen-bond donors (Lipinski definition) is 0. The van der Waals surface area contributed by atoms with Gasteiger partial charge in [-0.15, -0.1) is 0 Å². The van der Waals surface area contributed by atoms with Crippen molar-refractivity contribution in [2.75, 3.05) is 67.0 Å². The van der Waals surface area contributed by atoms with Gasteiger partial charge in [0.2, 0.25) is 0 Å². The van der Waals surface area contributed by atoms with Crippen LogP contribution in [0.25, 0.3) is 0 Å². The van der Waals surface area contributed by atoms with Crippen LogP contribution in [0.3, 0.4) is 0 Å². The van der Waals surface area contributed by atoms with Crippen LogP contribution in [0.4, 0.5) is 0 Å². The fourth-order valence-corrected chi connectivity index (χ4v) is 6.79. The van der Waals surface area contributed by atoms with E-state index in [-0.39, 0.29) is 0 Å². The van der Waals surface area contributed by atoms with Gasteiger partial charge in [-0.3, -0.25) is 9.80 Å². The Morgan fingerprint density at radius 1 is 0.370 bits per heavy atom. The van der Waals surface area contributed by atoms with Crippen molar-refractivity contribution in [2.45, 2.75) is 79.6 Å². The van der Waals surface area contributed by atoms with Crippen molar-refractivity contribution in [3.63, 3.8) is 0 Å². The topological polar surface area (TPSA) is 61.9 Å². The van der Waals surface area contributed by atoms with Crippen LogP contribution in [0.5, 0.6) is 23.0 Å². The van der Waals surface area contributed by atoms with Crippen LogP contribution in [-0.2, 0) is 61.3 Å². The van der Waals surface area contributed by atoms with Crippen molar-refractivity contribution >= 4 is 0 Å². The predicted molar refractivity (Wildman–Crippen MR) is 217 cm³/mol. The third-order valence-electron chi connectivity index (χ3n) is 9.83. The summed E-state index contributed by atoms with van der Waals surface area (Å²) in [5.74, 6) is 3.58. The van der Waals surface area contributed by atoms with Gasteiger partial charge in [0.15, 0.2) is 0 Å². The molecular formula is C46H62N2O6. The molecule has 4 aromatic rings. The lowest BCUT2D eigenvalue weighted by atomic mass is 10.1. The van der Waals surface area contributed by atoms with Gasteiger partial charge in [-0.25, -0.2) is 0 Å². The van der Waals surface area contributed by atoms with Crippen molar-refractivity contribution in [1.29, 1.82) is 0 Å². The molecule has 5 rings (SSSR count). The van der Waals surface area contributed by atoms with E-state index in [9.17, 15) is 0 Å². The fraction of sp³-hybridized carbons (Fsp3) is 0.478. The molecule has 0 radical (unpaired) electrons. The summed E-state index contributed by atoms with van der Waals surface area (Å²) in [7, 11) is 4.30. The Morgan fingerprint density at radius 2 is 0.611 bits per heavy atom. The van der Waals surface area contributed by atoms with Gasteiger partial charge in [-0.1, -0.05) is 76.2 Å². The van der Waals surface area contributed by atoms with Crippen molar-refractivity contribution in [1.82, 2.24) is 9.80 Å². The Morgan fingerprint density at radius 3 is 0.833 bits per heavy atom. The van der Waals surface area contributed by atoms with E-state index < -0.39 is 0 Å². The number of nitrogens with zero attached hydrogens (tertiary/aromatic N) is 2. The third-order valence-corrected chi connectivity index (χ3v) is 9.83. The molecule has 0 aliphatic carbocycles. The van der Waals surface area contributed by atoms with Crippen LogP contribution in [0.15, 0.2) is 72.8 Å². The summed E-state index contributed by atoms with van der Waals surface area (Å²) in [6.45, 7) is 15.5. The average Bonchev–Trinajstić information content (AvgIpc) is 3.18. The first kappa shape index (κ1) is 41.1. The zero-order chi connectivity index (χ0) is 38.1. The van der Waals surface area contributed by atoms with Crippen molar-refractivity contribution in [3.8, 4) is 23.0 Å². The molecule has 54 heavy (non-hydrogen) atoms. The summed E-state index contributed by atoms with van der Waals surface area (Å²) in [4.78, 5) is 4.64. The SMILES string of the molecule is CCc1ccc2c(c1)CN(C)Cc1cc(CC)ccc1OCCOCCOc1ccc(CC)cc1CN(C)Cc1cc(CC)ccc1OCCOCCO2. The minimum Gasteiger partial charge on any atom is -0.491 e. The molecule has 1 heterocycles. The molecule has 0 amide bonds. The largest absolute Gasteiger partial charge is 0.491 e. The molecular weight excluding hydrogens is 677 g/mol. The third kappa shape index (κ3) is 12.5. The summed E-state index contributed by atoms with van der Waals surface area (Å²) in [6.07, 6.45) is 3.88. The molecule has 0 saturated carbocycles. The minimum atomic E-state index is 0.465. The Hall–Kier alpha value is -4.08. The molecule has 0 N–H and O–H groups in total. The maximum atomic E-state index is 6.31. The van der Waals surface area contributed by atoms with Crippen molar-refractivity contribution in [3.05, 3.63) is 117 Å². The Kier molecular flexibility index (Phi) is 16.5. The number of ether oxygens (including phenoxy) is 6. The molecule has 4 aromatic carbocycles. The van der Waals surface area contributed by atoms with Crippen molar-refractivity contribution in [2.24, 2.45) is 0 Å². The Bertz CT molecular complexity index is 1490. The van der Waals surface area contributed by atoms with E-state index in [1.54, 1.807) is 0 Å². The van der Waals surface area contributed by atoms with E-state index in [0.717, 1.165) is 74.9 Å². The van der Waals surface area contributed by atoms with Crippen LogP contribution in [0.2, 0.25) is 0 Å². The highest BCUT2D eigenvalue weighted by molar-refractivity contribution is 5.41. The second-order valence-corrected chi connectivity index (χ2v) is 14.1. The minimum absolute atomic E-state index is 0.465. The van der Waals surface area contributed by atoms with Crippen LogP contribution >= 0.6 is 0 Å². The van der Waals surface area contributed by atoms with E-state index >= 15 is 0 Å². The standard InChI is InChI=1S/C46H62N2O6/c1-7-35-11-15-43-39(27-35)31-47(5)32-40-28-36(8-2)12-16-44(40)52-25-21-50-22-26-54-46-18-14-38(10-4)30-42(46)34-48(6)33-41-29-37(9-3)13-17-45(41)53-24-20-49-19-23-51-43/h11-18,27-30H,7-10,19-26,31-34H2,1-6H3. The lowest BCUT2D eigenvalue weighted by Crippen LogP contribution is -2.20. The molecule has 0 aromatic heterocycles. The predicted octanol–water partition coefficient (Wildman–Crippen LogP) is 8.46. The summed E-state index contributed by atoms with van der Waals surface area (Å²) >= 11 is 0. The highest BCUT2D eigenvalue weighted by Gasteiger charge is 2.15. The molecule has 0 atom stereocenters. The van der Waals surface area contributed by atoms with Gasteiger partial charge in [0.25, 0.3) is 0 Å². The van der Waals surface area contributed by atoms with Crippen LogP contribution < -0.4 is 18.9 Å². The molecule has 1 aliphatic heterocycles. The first-order valence-electron chi connectivity index (χ1n) is 19.9. The molecule has 1 aliphatic rings. The maximum absolute atomic E-state index is 6.31. The first-order valence-corrected chi connectivity index (χ1v) is 19.9. The van der Waals surface area contributed by atoms with Crippen LogP contribution in [-0.4, -0.2) is 76.8 Å². The number of aryl methyl sites for hydroxylation is 4. The first-order chi connectivity index (χ1) is 26.4. The summed E-state index contributed by atoms with van der Waals surface area (Å²) in [6, 6.07) is 26.1. The molecule has 0 spiro atoms. The second-order valence-electron chi connectivity index (χ2n) is 14.1. The number of hydrogen-bond acceptors (Lipinski definition) is 8. The van der Waals surface area contributed by atoms with E-state index in [1.807, 2.05) is 0 Å². The molecule has 8 nitrogen and oxygen atoms in total. The number of rotatable bonds is 4. The monoisotopic (exact) mass is 738 g/mol. The van der Waals surface area contributed by atoms with Gasteiger partial charge in [-0.2, -0.15) is 0 Å². The van der Waals surface area contributed by atoms with E-state index in [4.69, 9.17) is 28.4 Å². The van der Waals surface area contributed by atoms with Gasteiger partial charge in [0.05, 0.1) is 26.4 Å². The summed E-state index contributed by atoms with van der Waals surface area (Å²) in [5, 5.41) is 0. The highest BCUT2D eigenvalue weighted by atomic mass is 16.6. The van der Waals surface area contributed by atoms with E-state index in [2.05, 4.69) is 124 Å². The second kappa shape index (κ2) is 21.7. The number of fused-ring (bicyclic) bond motifs is 4. The smallest absolute Gasteiger partial charge is 0.123 e. The Balaban J connectivity index is 1.32. The fourth-order valence-electron chi connectivity index (χ4n) is 6.79. The normalized spacial score (nSPS) is 16.4. The van der Waals surface area contributed by atoms with Gasteiger partial charge < -0.3 is 28.4 Å². The number of benzene rings is 4. The molecule has 8 heteroatoms. The van der Waals surface area contributed by atoms with E-state index in [1.165, 1.54) is 44.5 Å². The van der Waals surface area contributed by atoms with Gasteiger partial charge in [-0.05, 0) is 86.3 Å². The van der Waals surface area contributed by atoms with Gasteiger partial charge in [0.1, 0.15) is 49.4 Å². The summed E-state index contributed by atoms with van der Waals surface area (Å²) in [5.41, 5.74) is 9.83. The molecule has 292 valence electrons. The molecule has 0 saturated heterocycles. The van der Waals surface area contributed by atoms with Gasteiger partial charge >= 0.3 is 0 Å². The molecule has 0 fully saturated rings. The van der Waals surface area contributed by atoms with Gasteiger partial charge in [0, 0.05) is 48.4 Å². The van der Waals surface area contributed by atoms with Crippen LogP contribution in [0.1, 0.15) is 72.2 Å².